The normalized spacial score (nSPS) is 9.58. The fourth-order valence-electron chi connectivity index (χ4n) is 0.806. The maximum Gasteiger partial charge on any atom is 0.252 e. The second-order valence-electron chi connectivity index (χ2n) is 2.20. The Labute approximate surface area is 89.4 Å². The summed E-state index contributed by atoms with van der Waals surface area (Å²) in [5.41, 5.74) is 0.520. The monoisotopic (exact) mass is 295 g/mol. The van der Waals surface area contributed by atoms with Crippen LogP contribution >= 0.6 is 34.2 Å². The molecule has 1 N–H and O–H groups in total. The van der Waals surface area contributed by atoms with Crippen molar-refractivity contribution in [2.24, 2.45) is 0 Å². The molecule has 2 nitrogen and oxygen atoms in total. The third-order valence-corrected chi connectivity index (χ3v) is 2.40. The van der Waals surface area contributed by atoms with Gasteiger partial charge in [0.2, 0.25) is 0 Å². The van der Waals surface area contributed by atoms with Crippen LogP contribution in [0.1, 0.15) is 10.4 Å². The summed E-state index contributed by atoms with van der Waals surface area (Å²) in [5.74, 6) is -0.154. The average molecular weight is 296 g/mol. The van der Waals surface area contributed by atoms with E-state index in [0.29, 0.717) is 10.6 Å². The summed E-state index contributed by atoms with van der Waals surface area (Å²) in [6, 6.07) is 5.32. The summed E-state index contributed by atoms with van der Waals surface area (Å²) in [5, 5.41) is 3.00. The van der Waals surface area contributed by atoms with E-state index in [2.05, 4.69) is 27.9 Å². The highest BCUT2D eigenvalue weighted by atomic mass is 127. The van der Waals surface area contributed by atoms with Gasteiger partial charge in [0.05, 0.1) is 10.6 Å². The van der Waals surface area contributed by atoms with Gasteiger partial charge in [-0.1, -0.05) is 11.6 Å². The Hall–Kier alpha value is -0.290. The van der Waals surface area contributed by atoms with Gasteiger partial charge in [-0.3, -0.25) is 4.79 Å². The molecule has 0 aliphatic carbocycles. The predicted octanol–water partition coefficient (Wildman–Crippen LogP) is 2.30. The van der Waals surface area contributed by atoms with Crippen LogP contribution in [0.25, 0.3) is 0 Å². The molecule has 1 aromatic carbocycles. The first kappa shape index (κ1) is 9.80. The van der Waals surface area contributed by atoms with Gasteiger partial charge in [-0.05, 0) is 40.8 Å². The molecule has 12 heavy (non-hydrogen) atoms. The molecule has 1 aromatic rings. The lowest BCUT2D eigenvalue weighted by Gasteiger charge is -2.02. The van der Waals surface area contributed by atoms with Crippen LogP contribution in [0.2, 0.25) is 5.02 Å². The quantitative estimate of drug-likeness (QED) is 0.792. The SMILES string of the molecule is CNC(=O)c1cc(I)ccc1Cl. The van der Waals surface area contributed by atoms with Crippen molar-refractivity contribution >= 4 is 40.1 Å². The third-order valence-electron chi connectivity index (χ3n) is 1.40. The lowest BCUT2D eigenvalue weighted by atomic mass is 10.2. The van der Waals surface area contributed by atoms with Crippen LogP contribution in [-0.2, 0) is 0 Å². The number of nitrogens with one attached hydrogen (secondary N) is 1. The van der Waals surface area contributed by atoms with Gasteiger partial charge in [0, 0.05) is 10.6 Å². The molecular weight excluding hydrogens is 288 g/mol. The number of carbonyl (C=O) groups is 1. The molecule has 0 radical (unpaired) electrons. The molecular formula is C8H7ClINO. The Balaban J connectivity index is 3.13. The van der Waals surface area contributed by atoms with Gasteiger partial charge in [-0.25, -0.2) is 0 Å². The van der Waals surface area contributed by atoms with E-state index >= 15 is 0 Å². The minimum absolute atomic E-state index is 0.154. The van der Waals surface area contributed by atoms with E-state index in [9.17, 15) is 4.79 Å². The van der Waals surface area contributed by atoms with Gasteiger partial charge < -0.3 is 5.32 Å². The van der Waals surface area contributed by atoms with Crippen LogP contribution in [0.4, 0.5) is 0 Å². The lowest BCUT2D eigenvalue weighted by Crippen LogP contribution is -2.18. The second kappa shape index (κ2) is 4.09. The first-order valence-electron chi connectivity index (χ1n) is 3.32. The zero-order valence-electron chi connectivity index (χ0n) is 6.40. The average Bonchev–Trinajstić information content (AvgIpc) is 2.08. The molecule has 0 aliphatic rings. The molecule has 0 unspecified atom stereocenters. The van der Waals surface area contributed by atoms with Crippen molar-refractivity contribution in [2.75, 3.05) is 7.05 Å². The smallest absolute Gasteiger partial charge is 0.252 e. The molecule has 0 aliphatic heterocycles. The van der Waals surface area contributed by atoms with Crippen LogP contribution in [0, 0.1) is 3.57 Å². The molecule has 1 rings (SSSR count). The number of amides is 1. The number of carbonyl (C=O) groups excluding carboxylic acids is 1. The van der Waals surface area contributed by atoms with Gasteiger partial charge in [0.1, 0.15) is 0 Å². The molecule has 64 valence electrons. The molecule has 0 spiro atoms. The fraction of sp³-hybridized carbons (Fsp3) is 0.125. The Morgan fingerprint density at radius 2 is 2.25 bits per heavy atom. The third kappa shape index (κ3) is 2.10. The maximum absolute atomic E-state index is 11.2. The van der Waals surface area contributed by atoms with Crippen molar-refractivity contribution in [2.45, 2.75) is 0 Å². The minimum Gasteiger partial charge on any atom is -0.355 e. The molecule has 0 atom stereocenters. The topological polar surface area (TPSA) is 29.1 Å². The van der Waals surface area contributed by atoms with Gasteiger partial charge in [0.25, 0.3) is 5.91 Å². The van der Waals surface area contributed by atoms with E-state index < -0.39 is 0 Å². The van der Waals surface area contributed by atoms with Crippen molar-refractivity contribution < 1.29 is 4.79 Å². The zero-order valence-corrected chi connectivity index (χ0v) is 9.31. The van der Waals surface area contributed by atoms with Gasteiger partial charge in [-0.15, -0.1) is 0 Å². The van der Waals surface area contributed by atoms with E-state index in [1.165, 1.54) is 0 Å². The summed E-state index contributed by atoms with van der Waals surface area (Å²) in [6.07, 6.45) is 0. The Morgan fingerprint density at radius 1 is 1.58 bits per heavy atom. The highest BCUT2D eigenvalue weighted by Crippen LogP contribution is 2.18. The summed E-state index contributed by atoms with van der Waals surface area (Å²) in [6.45, 7) is 0. The molecule has 0 aromatic heterocycles. The fourth-order valence-corrected chi connectivity index (χ4v) is 1.50. The first-order valence-corrected chi connectivity index (χ1v) is 4.78. The van der Waals surface area contributed by atoms with E-state index in [0.717, 1.165) is 3.57 Å². The summed E-state index contributed by atoms with van der Waals surface area (Å²) in [4.78, 5) is 11.2. The van der Waals surface area contributed by atoms with E-state index in [4.69, 9.17) is 11.6 Å². The second-order valence-corrected chi connectivity index (χ2v) is 3.86. The lowest BCUT2D eigenvalue weighted by molar-refractivity contribution is 0.0963. The zero-order chi connectivity index (χ0) is 9.14. The Bertz CT molecular complexity index is 314. The minimum atomic E-state index is -0.154. The largest absolute Gasteiger partial charge is 0.355 e. The van der Waals surface area contributed by atoms with Crippen molar-refractivity contribution in [1.29, 1.82) is 0 Å². The van der Waals surface area contributed by atoms with Gasteiger partial charge in [0.15, 0.2) is 0 Å². The van der Waals surface area contributed by atoms with E-state index in [1.807, 2.05) is 6.07 Å². The Morgan fingerprint density at radius 3 is 2.83 bits per heavy atom. The number of halogens is 2. The summed E-state index contributed by atoms with van der Waals surface area (Å²) < 4.78 is 0.996. The molecule has 0 heterocycles. The van der Waals surface area contributed by atoms with Crippen molar-refractivity contribution in [1.82, 2.24) is 5.32 Å². The maximum atomic E-state index is 11.2. The van der Waals surface area contributed by atoms with E-state index in [1.54, 1.807) is 19.2 Å². The predicted molar refractivity (Wildman–Crippen MR) is 57.6 cm³/mol. The summed E-state index contributed by atoms with van der Waals surface area (Å²) in [7, 11) is 1.58. The number of benzene rings is 1. The van der Waals surface area contributed by atoms with Crippen LogP contribution in [0.3, 0.4) is 0 Å². The standard InChI is InChI=1S/C8H7ClINO/c1-11-8(12)6-4-5(10)2-3-7(6)9/h2-4H,1H3,(H,11,12). The van der Waals surface area contributed by atoms with Crippen LogP contribution in [-0.4, -0.2) is 13.0 Å². The molecule has 0 saturated carbocycles. The number of hydrogen-bond acceptors (Lipinski definition) is 1. The molecule has 1 amide bonds. The van der Waals surface area contributed by atoms with Crippen LogP contribution in [0.15, 0.2) is 18.2 Å². The molecule has 0 bridgehead atoms. The number of rotatable bonds is 1. The van der Waals surface area contributed by atoms with Crippen molar-refractivity contribution in [3.8, 4) is 0 Å². The highest BCUT2D eigenvalue weighted by Gasteiger charge is 2.07. The van der Waals surface area contributed by atoms with Crippen molar-refractivity contribution in [3.05, 3.63) is 32.4 Å². The number of hydrogen-bond donors (Lipinski definition) is 1. The Kier molecular flexibility index (Phi) is 3.34. The molecule has 4 heteroatoms. The molecule has 0 saturated heterocycles. The molecule has 0 fully saturated rings. The summed E-state index contributed by atoms with van der Waals surface area (Å²) >= 11 is 7.94. The van der Waals surface area contributed by atoms with Gasteiger partial charge in [-0.2, -0.15) is 0 Å². The van der Waals surface area contributed by atoms with Crippen LogP contribution in [0.5, 0.6) is 0 Å². The van der Waals surface area contributed by atoms with Crippen LogP contribution < -0.4 is 5.32 Å². The first-order chi connectivity index (χ1) is 5.65. The van der Waals surface area contributed by atoms with Crippen molar-refractivity contribution in [3.63, 3.8) is 0 Å². The highest BCUT2D eigenvalue weighted by molar-refractivity contribution is 14.1. The van der Waals surface area contributed by atoms with Gasteiger partial charge >= 0.3 is 0 Å². The van der Waals surface area contributed by atoms with E-state index in [-0.39, 0.29) is 5.91 Å².